The maximum absolute atomic E-state index is 12.0. The minimum atomic E-state index is -0.0787. The number of aliphatic imine (C=N–C) groups is 1. The number of guanidine groups is 1. The highest BCUT2D eigenvalue weighted by atomic mass is 16.5. The number of amides is 1. The summed E-state index contributed by atoms with van der Waals surface area (Å²) in [6.07, 6.45) is 0. The topological polar surface area (TPSA) is 74.8 Å². The van der Waals surface area contributed by atoms with Crippen molar-refractivity contribution in [1.82, 2.24) is 16.0 Å². The minimum Gasteiger partial charge on any atom is -0.494 e. The normalized spacial score (nSPS) is 11.0. The fourth-order valence-corrected chi connectivity index (χ4v) is 2.49. The Hall–Kier alpha value is -3.02. The summed E-state index contributed by atoms with van der Waals surface area (Å²) >= 11 is 0. The van der Waals surface area contributed by atoms with E-state index in [0.29, 0.717) is 37.8 Å². The second kappa shape index (κ2) is 11.6. The van der Waals surface area contributed by atoms with E-state index in [1.165, 1.54) is 0 Å². The Bertz CT molecular complexity index is 732. The third-order valence-electron chi connectivity index (χ3n) is 3.76. The number of carbonyl (C=O) groups excluding carboxylic acids is 1. The number of para-hydroxylation sites is 1. The molecule has 6 heteroatoms. The van der Waals surface area contributed by atoms with E-state index < -0.39 is 0 Å². The molecule has 0 saturated heterocycles. The molecule has 0 fully saturated rings. The van der Waals surface area contributed by atoms with Crippen molar-refractivity contribution in [3.8, 4) is 5.75 Å². The van der Waals surface area contributed by atoms with Crippen LogP contribution in [0.5, 0.6) is 5.75 Å². The molecule has 27 heavy (non-hydrogen) atoms. The van der Waals surface area contributed by atoms with Crippen LogP contribution in [0.15, 0.2) is 59.6 Å². The van der Waals surface area contributed by atoms with Gasteiger partial charge >= 0.3 is 0 Å². The fourth-order valence-electron chi connectivity index (χ4n) is 2.49. The Balaban J connectivity index is 1.84. The lowest BCUT2D eigenvalue weighted by atomic mass is 10.2. The van der Waals surface area contributed by atoms with Crippen LogP contribution in [-0.2, 0) is 6.54 Å². The van der Waals surface area contributed by atoms with Gasteiger partial charge in [-0.05, 0) is 32.0 Å². The van der Waals surface area contributed by atoms with Gasteiger partial charge in [0.2, 0.25) is 0 Å². The van der Waals surface area contributed by atoms with Crippen molar-refractivity contribution in [2.24, 2.45) is 4.99 Å². The van der Waals surface area contributed by atoms with E-state index in [1.807, 2.05) is 56.3 Å². The summed E-state index contributed by atoms with van der Waals surface area (Å²) in [5.74, 6) is 1.48. The number of benzene rings is 2. The van der Waals surface area contributed by atoms with Crippen molar-refractivity contribution in [1.29, 1.82) is 0 Å². The molecule has 2 rings (SSSR count). The molecule has 0 aliphatic carbocycles. The molecule has 2 aromatic rings. The predicted octanol–water partition coefficient (Wildman–Crippen LogP) is 2.57. The Morgan fingerprint density at radius 2 is 1.63 bits per heavy atom. The largest absolute Gasteiger partial charge is 0.494 e. The van der Waals surface area contributed by atoms with Crippen LogP contribution in [0.1, 0.15) is 29.8 Å². The standard InChI is InChI=1S/C21H28N4O2/c1-3-22-21(25-16-18-12-8-9-13-19(18)27-4-2)24-15-14-23-20(26)17-10-6-5-7-11-17/h5-13H,3-4,14-16H2,1-2H3,(H,23,26)(H2,22,24,25). The first kappa shape index (κ1) is 20.3. The van der Waals surface area contributed by atoms with Gasteiger partial charge in [0.05, 0.1) is 13.2 Å². The van der Waals surface area contributed by atoms with Crippen LogP contribution < -0.4 is 20.7 Å². The van der Waals surface area contributed by atoms with E-state index in [-0.39, 0.29) is 5.91 Å². The van der Waals surface area contributed by atoms with Crippen LogP contribution in [0, 0.1) is 0 Å². The average Bonchev–Trinajstić information content (AvgIpc) is 2.71. The molecule has 0 atom stereocenters. The van der Waals surface area contributed by atoms with Crippen molar-refractivity contribution in [3.05, 3.63) is 65.7 Å². The van der Waals surface area contributed by atoms with Crippen molar-refractivity contribution < 1.29 is 9.53 Å². The molecule has 0 spiro atoms. The molecule has 0 aliphatic heterocycles. The monoisotopic (exact) mass is 368 g/mol. The third kappa shape index (κ3) is 7.01. The number of nitrogens with zero attached hydrogens (tertiary/aromatic N) is 1. The maximum atomic E-state index is 12.0. The lowest BCUT2D eigenvalue weighted by Gasteiger charge is -2.13. The van der Waals surface area contributed by atoms with Gasteiger partial charge in [-0.25, -0.2) is 4.99 Å². The second-order valence-electron chi connectivity index (χ2n) is 5.78. The van der Waals surface area contributed by atoms with Gasteiger partial charge in [0.1, 0.15) is 5.75 Å². The summed E-state index contributed by atoms with van der Waals surface area (Å²) in [5, 5.41) is 9.33. The molecule has 2 aromatic carbocycles. The minimum absolute atomic E-state index is 0.0787. The number of nitrogens with one attached hydrogen (secondary N) is 3. The Kier molecular flexibility index (Phi) is 8.69. The van der Waals surface area contributed by atoms with Crippen LogP contribution in [-0.4, -0.2) is 38.1 Å². The van der Waals surface area contributed by atoms with E-state index in [9.17, 15) is 4.79 Å². The van der Waals surface area contributed by atoms with Gasteiger partial charge in [-0.15, -0.1) is 0 Å². The fraction of sp³-hybridized carbons (Fsp3) is 0.333. The van der Waals surface area contributed by atoms with Crippen LogP contribution >= 0.6 is 0 Å². The molecule has 0 aliphatic rings. The van der Waals surface area contributed by atoms with Crippen molar-refractivity contribution in [3.63, 3.8) is 0 Å². The highest BCUT2D eigenvalue weighted by Crippen LogP contribution is 2.18. The molecule has 3 N–H and O–H groups in total. The van der Waals surface area contributed by atoms with Crippen LogP contribution in [0.25, 0.3) is 0 Å². The first-order valence-electron chi connectivity index (χ1n) is 9.30. The number of carbonyl (C=O) groups is 1. The Labute approximate surface area is 161 Å². The molecule has 0 bridgehead atoms. The first-order chi connectivity index (χ1) is 13.2. The van der Waals surface area contributed by atoms with Crippen LogP contribution in [0.2, 0.25) is 0 Å². The molecule has 0 unspecified atom stereocenters. The molecular formula is C21H28N4O2. The smallest absolute Gasteiger partial charge is 0.251 e. The summed E-state index contributed by atoms with van der Waals surface area (Å²) in [4.78, 5) is 16.6. The molecule has 0 radical (unpaired) electrons. The molecule has 0 heterocycles. The van der Waals surface area contributed by atoms with Crippen molar-refractivity contribution in [2.45, 2.75) is 20.4 Å². The SMILES string of the molecule is CCNC(=NCc1ccccc1OCC)NCCNC(=O)c1ccccc1. The van der Waals surface area contributed by atoms with Gasteiger partial charge in [-0.2, -0.15) is 0 Å². The zero-order valence-corrected chi connectivity index (χ0v) is 16.0. The van der Waals surface area contributed by atoms with Crippen molar-refractivity contribution in [2.75, 3.05) is 26.2 Å². The first-order valence-corrected chi connectivity index (χ1v) is 9.30. The second-order valence-corrected chi connectivity index (χ2v) is 5.78. The lowest BCUT2D eigenvalue weighted by Crippen LogP contribution is -2.41. The molecular weight excluding hydrogens is 340 g/mol. The van der Waals surface area contributed by atoms with Crippen molar-refractivity contribution >= 4 is 11.9 Å². The number of hydrogen-bond donors (Lipinski definition) is 3. The maximum Gasteiger partial charge on any atom is 0.251 e. The van der Waals surface area contributed by atoms with Gasteiger partial charge in [0.15, 0.2) is 5.96 Å². The summed E-state index contributed by atoms with van der Waals surface area (Å²) in [6, 6.07) is 17.1. The Morgan fingerprint density at radius 3 is 2.37 bits per heavy atom. The van der Waals surface area contributed by atoms with E-state index in [4.69, 9.17) is 4.74 Å². The van der Waals surface area contributed by atoms with E-state index >= 15 is 0 Å². The van der Waals surface area contributed by atoms with Gasteiger partial charge in [0.25, 0.3) is 5.91 Å². The van der Waals surface area contributed by atoms with Gasteiger partial charge in [0, 0.05) is 30.8 Å². The predicted molar refractivity (Wildman–Crippen MR) is 109 cm³/mol. The number of ether oxygens (including phenoxy) is 1. The zero-order valence-electron chi connectivity index (χ0n) is 16.0. The Morgan fingerprint density at radius 1 is 0.926 bits per heavy atom. The van der Waals surface area contributed by atoms with Crippen LogP contribution in [0.4, 0.5) is 0 Å². The molecule has 0 aromatic heterocycles. The molecule has 0 saturated carbocycles. The highest BCUT2D eigenvalue weighted by Gasteiger charge is 2.05. The van der Waals surface area contributed by atoms with Gasteiger partial charge in [-0.1, -0.05) is 36.4 Å². The van der Waals surface area contributed by atoms with E-state index in [2.05, 4.69) is 20.9 Å². The zero-order chi connectivity index (χ0) is 19.3. The number of hydrogen-bond acceptors (Lipinski definition) is 3. The summed E-state index contributed by atoms with van der Waals surface area (Å²) in [5.41, 5.74) is 1.69. The highest BCUT2D eigenvalue weighted by molar-refractivity contribution is 5.94. The lowest BCUT2D eigenvalue weighted by molar-refractivity contribution is 0.0954. The molecule has 6 nitrogen and oxygen atoms in total. The van der Waals surface area contributed by atoms with E-state index in [0.717, 1.165) is 17.9 Å². The van der Waals surface area contributed by atoms with Gasteiger partial charge in [-0.3, -0.25) is 4.79 Å². The van der Waals surface area contributed by atoms with E-state index in [1.54, 1.807) is 12.1 Å². The summed E-state index contributed by atoms with van der Waals surface area (Å²) < 4.78 is 5.64. The van der Waals surface area contributed by atoms with Crippen LogP contribution in [0.3, 0.4) is 0 Å². The molecule has 1 amide bonds. The average molecular weight is 368 g/mol. The summed E-state index contributed by atoms with van der Waals surface area (Å²) in [6.45, 7) is 6.97. The number of rotatable bonds is 9. The van der Waals surface area contributed by atoms with Gasteiger partial charge < -0.3 is 20.7 Å². The quantitative estimate of drug-likeness (QED) is 0.361. The summed E-state index contributed by atoms with van der Waals surface area (Å²) in [7, 11) is 0. The third-order valence-corrected chi connectivity index (χ3v) is 3.76. The molecule has 144 valence electrons.